The number of hydrogen-bond donors (Lipinski definition) is 0. The quantitative estimate of drug-likeness (QED) is 0.768. The highest BCUT2D eigenvalue weighted by Gasteiger charge is 2.45. The molecule has 7 nitrogen and oxygen atoms in total. The first-order chi connectivity index (χ1) is 11.0. The van der Waals surface area contributed by atoms with Crippen molar-refractivity contribution in [3.63, 3.8) is 0 Å². The molecular weight excluding hydrogens is 330 g/mol. The Labute approximate surface area is 133 Å². The molecule has 0 aliphatic carbocycles. The predicted octanol–water partition coefficient (Wildman–Crippen LogP) is 1.33. The maximum atomic E-state index is 13.9. The Bertz CT molecular complexity index is 852. The minimum atomic E-state index is -0.824. The van der Waals surface area contributed by atoms with Crippen molar-refractivity contribution in [2.24, 2.45) is 0 Å². The minimum Gasteiger partial charge on any atom is -0.343 e. The molecule has 1 aromatic heterocycles. The molecule has 0 amide bonds. The van der Waals surface area contributed by atoms with E-state index in [0.29, 0.717) is 0 Å². The molecule has 2 fully saturated rings. The Morgan fingerprint density at radius 3 is 2.91 bits per heavy atom. The maximum Gasteiger partial charge on any atom is 0.221 e. The zero-order chi connectivity index (χ0) is 16.1. The molecule has 2 aliphatic rings. The van der Waals surface area contributed by atoms with Crippen LogP contribution in [0.5, 0.6) is 0 Å². The average molecular weight is 340 g/mol. The van der Waals surface area contributed by atoms with Crippen LogP contribution in [0.3, 0.4) is 0 Å². The number of ether oxygens (including phenoxy) is 2. The second-order valence-corrected chi connectivity index (χ2v) is 5.66. The van der Waals surface area contributed by atoms with Crippen LogP contribution in [0.25, 0.3) is 5.69 Å². The third-order valence-corrected chi connectivity index (χ3v) is 4.23. The first kappa shape index (κ1) is 14.5. The van der Waals surface area contributed by atoms with Crippen molar-refractivity contribution in [2.45, 2.75) is 24.9 Å². The summed E-state index contributed by atoms with van der Waals surface area (Å²) in [6.07, 6.45) is -1.04. The number of Topliss-reactive ketones (excluding diaryl/α,β-unsaturated/α-hetero) is 1. The van der Waals surface area contributed by atoms with Crippen LogP contribution in [0.15, 0.2) is 18.2 Å². The lowest BCUT2D eigenvalue weighted by atomic mass is 10.0. The second kappa shape index (κ2) is 5.25. The topological polar surface area (TPSA) is 71.2 Å². The monoisotopic (exact) mass is 340 g/mol. The van der Waals surface area contributed by atoms with Gasteiger partial charge in [-0.05, 0) is 34.8 Å². The molecule has 0 radical (unpaired) electrons. The summed E-state index contributed by atoms with van der Waals surface area (Å²) < 4.78 is 40.1. The van der Waals surface area contributed by atoms with Gasteiger partial charge in [-0.15, -0.1) is 0 Å². The van der Waals surface area contributed by atoms with Gasteiger partial charge in [-0.1, -0.05) is 0 Å². The summed E-state index contributed by atoms with van der Waals surface area (Å²) in [5.74, 6) is -1.72. The van der Waals surface area contributed by atoms with E-state index in [9.17, 15) is 13.6 Å². The SMILES string of the molecule is O=C1CC(n2nnn(-c3ccc(F)cc3F)c2=S)C2COC1O2. The highest BCUT2D eigenvalue weighted by Crippen LogP contribution is 2.32. The summed E-state index contributed by atoms with van der Waals surface area (Å²) in [7, 11) is 0. The van der Waals surface area contributed by atoms with Crippen molar-refractivity contribution < 1.29 is 23.0 Å². The average Bonchev–Trinajstić information content (AvgIpc) is 3.09. The molecule has 0 saturated carbocycles. The number of benzene rings is 1. The lowest BCUT2D eigenvalue weighted by molar-refractivity contribution is -0.156. The molecule has 3 unspecified atom stereocenters. The number of rotatable bonds is 2. The van der Waals surface area contributed by atoms with Gasteiger partial charge in [0.05, 0.1) is 12.6 Å². The molecule has 0 N–H and O–H groups in total. The van der Waals surface area contributed by atoms with Gasteiger partial charge in [-0.25, -0.2) is 13.5 Å². The van der Waals surface area contributed by atoms with Gasteiger partial charge in [0.15, 0.2) is 11.6 Å². The van der Waals surface area contributed by atoms with Gasteiger partial charge in [-0.2, -0.15) is 4.68 Å². The fraction of sp³-hybridized carbons (Fsp3) is 0.385. The molecule has 0 spiro atoms. The number of ketones is 1. The van der Waals surface area contributed by atoms with E-state index in [-0.39, 0.29) is 35.4 Å². The second-order valence-electron chi connectivity index (χ2n) is 5.29. The molecule has 2 saturated heterocycles. The standard InChI is InChI=1S/C13H10F2N4O3S/c14-6-1-2-8(7(15)3-6)18-13(23)19(17-16-18)9-4-10(20)12-21-5-11(9)22-12/h1-3,9,11-12H,4-5H2. The summed E-state index contributed by atoms with van der Waals surface area (Å²) >= 11 is 5.27. The molecule has 2 aromatic rings. The van der Waals surface area contributed by atoms with Gasteiger partial charge in [0, 0.05) is 12.5 Å². The van der Waals surface area contributed by atoms with Crippen LogP contribution < -0.4 is 0 Å². The van der Waals surface area contributed by atoms with E-state index < -0.39 is 24.0 Å². The Balaban J connectivity index is 1.74. The number of halogens is 2. The van der Waals surface area contributed by atoms with Gasteiger partial charge in [0.2, 0.25) is 11.1 Å². The molecule has 3 atom stereocenters. The number of carbonyl (C=O) groups is 1. The third kappa shape index (κ3) is 2.30. The van der Waals surface area contributed by atoms with E-state index in [1.54, 1.807) is 0 Å². The van der Waals surface area contributed by atoms with E-state index in [4.69, 9.17) is 21.7 Å². The van der Waals surface area contributed by atoms with Crippen LogP contribution in [-0.2, 0) is 14.3 Å². The van der Waals surface area contributed by atoms with Gasteiger partial charge in [0.1, 0.15) is 17.6 Å². The van der Waals surface area contributed by atoms with Crippen LogP contribution >= 0.6 is 12.2 Å². The zero-order valence-electron chi connectivity index (χ0n) is 11.6. The van der Waals surface area contributed by atoms with Gasteiger partial charge in [0.25, 0.3) is 0 Å². The lowest BCUT2D eigenvalue weighted by Gasteiger charge is -2.25. The number of fused-ring (bicyclic) bond motifs is 2. The van der Waals surface area contributed by atoms with Crippen molar-refractivity contribution in [3.05, 3.63) is 34.6 Å². The number of tetrazole rings is 1. The molecule has 120 valence electrons. The van der Waals surface area contributed by atoms with Crippen LogP contribution in [0.4, 0.5) is 8.78 Å². The van der Waals surface area contributed by atoms with E-state index in [1.165, 1.54) is 10.7 Å². The fourth-order valence-electron chi connectivity index (χ4n) is 2.74. The minimum absolute atomic E-state index is 0.0220. The van der Waals surface area contributed by atoms with E-state index in [1.807, 2.05) is 0 Å². The van der Waals surface area contributed by atoms with Crippen molar-refractivity contribution in [1.82, 2.24) is 19.8 Å². The van der Waals surface area contributed by atoms with E-state index in [2.05, 4.69) is 10.4 Å². The molecular formula is C13H10F2N4O3S. The van der Waals surface area contributed by atoms with Crippen LogP contribution in [-0.4, -0.2) is 44.6 Å². The van der Waals surface area contributed by atoms with Gasteiger partial charge < -0.3 is 9.47 Å². The Hall–Kier alpha value is -2.04. The summed E-state index contributed by atoms with van der Waals surface area (Å²) in [4.78, 5) is 11.9. The number of nitrogens with zero attached hydrogens (tertiary/aromatic N) is 4. The summed E-state index contributed by atoms with van der Waals surface area (Å²) in [6.45, 7) is 0.251. The van der Waals surface area contributed by atoms with Crippen LogP contribution in [0, 0.1) is 16.4 Å². The molecule has 23 heavy (non-hydrogen) atoms. The van der Waals surface area contributed by atoms with Crippen molar-refractivity contribution in [3.8, 4) is 5.69 Å². The summed E-state index contributed by atoms with van der Waals surface area (Å²) in [5.41, 5.74) is -0.0220. The summed E-state index contributed by atoms with van der Waals surface area (Å²) in [5, 5.41) is 7.72. The molecule has 3 heterocycles. The van der Waals surface area contributed by atoms with Crippen molar-refractivity contribution in [2.75, 3.05) is 6.61 Å². The smallest absolute Gasteiger partial charge is 0.221 e. The number of aromatic nitrogens is 4. The van der Waals surface area contributed by atoms with Crippen molar-refractivity contribution in [1.29, 1.82) is 0 Å². The Morgan fingerprint density at radius 1 is 1.30 bits per heavy atom. The first-order valence-corrected chi connectivity index (χ1v) is 7.25. The van der Waals surface area contributed by atoms with Crippen LogP contribution in [0.1, 0.15) is 12.5 Å². The highest BCUT2D eigenvalue weighted by atomic mass is 32.1. The molecule has 10 heteroatoms. The molecule has 1 aromatic carbocycles. The highest BCUT2D eigenvalue weighted by molar-refractivity contribution is 7.71. The first-order valence-electron chi connectivity index (χ1n) is 6.84. The Morgan fingerprint density at radius 2 is 2.13 bits per heavy atom. The Kier molecular flexibility index (Phi) is 3.32. The van der Waals surface area contributed by atoms with Crippen LogP contribution in [0.2, 0.25) is 0 Å². The molecule has 2 aliphatic heterocycles. The maximum absolute atomic E-state index is 13.9. The van der Waals surface area contributed by atoms with Crippen molar-refractivity contribution >= 4 is 18.0 Å². The third-order valence-electron chi connectivity index (χ3n) is 3.87. The van der Waals surface area contributed by atoms with E-state index >= 15 is 0 Å². The van der Waals surface area contributed by atoms with Gasteiger partial charge >= 0.3 is 0 Å². The normalized spacial score (nSPS) is 26.7. The lowest BCUT2D eigenvalue weighted by Crippen LogP contribution is -2.37. The predicted molar refractivity (Wildman–Crippen MR) is 73.4 cm³/mol. The largest absolute Gasteiger partial charge is 0.343 e. The molecule has 4 rings (SSSR count). The fourth-order valence-corrected chi connectivity index (χ4v) is 3.04. The van der Waals surface area contributed by atoms with Gasteiger partial charge in [-0.3, -0.25) is 4.79 Å². The van der Waals surface area contributed by atoms with E-state index in [0.717, 1.165) is 16.8 Å². The summed E-state index contributed by atoms with van der Waals surface area (Å²) in [6, 6.07) is 2.59. The number of carbonyl (C=O) groups excluding carboxylic acids is 1. The molecule has 2 bridgehead atoms. The number of hydrogen-bond acceptors (Lipinski definition) is 6. The zero-order valence-corrected chi connectivity index (χ0v) is 12.4.